The molecule has 1 aromatic heterocycles. The molecule has 4 heteroatoms. The third kappa shape index (κ3) is 2.57. The van der Waals surface area contributed by atoms with Crippen molar-refractivity contribution in [3.05, 3.63) is 17.1 Å². The first-order valence-corrected chi connectivity index (χ1v) is 7.66. The van der Waals surface area contributed by atoms with Crippen LogP contribution in [0.5, 0.6) is 0 Å². The maximum absolute atomic E-state index is 4.77. The van der Waals surface area contributed by atoms with E-state index in [1.807, 2.05) is 11.8 Å². The van der Waals surface area contributed by atoms with E-state index >= 15 is 0 Å². The lowest BCUT2D eigenvalue weighted by Crippen LogP contribution is -2.11. The van der Waals surface area contributed by atoms with E-state index in [1.54, 1.807) is 0 Å². The average molecular weight is 251 g/mol. The maximum Gasteiger partial charge on any atom is 0.134 e. The van der Waals surface area contributed by atoms with E-state index in [1.165, 1.54) is 11.3 Å². The summed E-state index contributed by atoms with van der Waals surface area (Å²) >= 11 is 1.94. The Kier molecular flexibility index (Phi) is 4.26. The van der Waals surface area contributed by atoms with Crippen molar-refractivity contribution in [1.82, 2.24) is 9.97 Å². The highest BCUT2D eigenvalue weighted by molar-refractivity contribution is 7.98. The number of hydrogen-bond acceptors (Lipinski definition) is 4. The second-order valence-corrected chi connectivity index (χ2v) is 5.38. The van der Waals surface area contributed by atoms with Crippen molar-refractivity contribution in [2.24, 2.45) is 0 Å². The average Bonchev–Trinajstić information content (AvgIpc) is 2.79. The fourth-order valence-electron chi connectivity index (χ4n) is 2.22. The predicted octanol–water partition coefficient (Wildman–Crippen LogP) is 3.56. The lowest BCUT2D eigenvalue weighted by atomic mass is 10.0. The Balaban J connectivity index is 2.38. The maximum atomic E-state index is 4.77. The molecule has 0 radical (unpaired) electrons. The highest BCUT2D eigenvalue weighted by atomic mass is 32.2. The minimum Gasteiger partial charge on any atom is -0.370 e. The standard InChI is InChI=1S/C13H21N3S/c1-4-9(5-2)12-15-11-8-17-7-10(11)13(16-12)14-6-3/h9H,4-8H2,1-3H3,(H,14,15,16). The van der Waals surface area contributed by atoms with Gasteiger partial charge in [-0.15, -0.1) is 0 Å². The highest BCUT2D eigenvalue weighted by Crippen LogP contribution is 2.34. The van der Waals surface area contributed by atoms with E-state index in [0.717, 1.165) is 42.5 Å². The van der Waals surface area contributed by atoms with Crippen LogP contribution in [0.4, 0.5) is 5.82 Å². The van der Waals surface area contributed by atoms with Crippen molar-refractivity contribution in [3.8, 4) is 0 Å². The summed E-state index contributed by atoms with van der Waals surface area (Å²) in [5, 5.41) is 3.39. The second-order valence-electron chi connectivity index (χ2n) is 4.39. The molecular weight excluding hydrogens is 230 g/mol. The van der Waals surface area contributed by atoms with Crippen molar-refractivity contribution in [2.45, 2.75) is 51.0 Å². The normalized spacial score (nSPS) is 14.1. The summed E-state index contributed by atoms with van der Waals surface area (Å²) in [5.41, 5.74) is 2.58. The lowest BCUT2D eigenvalue weighted by Gasteiger charge is -2.15. The molecule has 3 nitrogen and oxygen atoms in total. The molecule has 0 saturated heterocycles. The Morgan fingerprint density at radius 3 is 2.59 bits per heavy atom. The molecule has 0 spiro atoms. The smallest absolute Gasteiger partial charge is 0.134 e. The van der Waals surface area contributed by atoms with Gasteiger partial charge in [0.1, 0.15) is 11.6 Å². The fourth-order valence-corrected chi connectivity index (χ4v) is 3.26. The molecule has 0 saturated carbocycles. The summed E-state index contributed by atoms with van der Waals surface area (Å²) in [6, 6.07) is 0. The molecule has 1 N–H and O–H groups in total. The zero-order valence-corrected chi connectivity index (χ0v) is 11.7. The molecule has 2 heterocycles. The van der Waals surface area contributed by atoms with Gasteiger partial charge < -0.3 is 5.32 Å². The van der Waals surface area contributed by atoms with E-state index < -0.39 is 0 Å². The molecule has 0 bridgehead atoms. The lowest BCUT2D eigenvalue weighted by molar-refractivity contribution is 0.599. The van der Waals surface area contributed by atoms with Gasteiger partial charge in [-0.25, -0.2) is 9.97 Å². The Labute approximate surface area is 108 Å². The van der Waals surface area contributed by atoms with Crippen LogP contribution in [0.25, 0.3) is 0 Å². The minimum absolute atomic E-state index is 0.503. The van der Waals surface area contributed by atoms with Gasteiger partial charge in [-0.05, 0) is 19.8 Å². The van der Waals surface area contributed by atoms with Gasteiger partial charge in [-0.3, -0.25) is 0 Å². The first kappa shape index (κ1) is 12.7. The molecule has 0 fully saturated rings. The van der Waals surface area contributed by atoms with Crippen molar-refractivity contribution in [3.63, 3.8) is 0 Å². The Hall–Kier alpha value is -0.770. The van der Waals surface area contributed by atoms with E-state index in [-0.39, 0.29) is 0 Å². The number of hydrogen-bond donors (Lipinski definition) is 1. The number of anilines is 1. The third-order valence-electron chi connectivity index (χ3n) is 3.29. The van der Waals surface area contributed by atoms with E-state index in [4.69, 9.17) is 9.97 Å². The predicted molar refractivity (Wildman–Crippen MR) is 74.5 cm³/mol. The SMILES string of the molecule is CCNc1nc(C(CC)CC)nc2c1CSC2. The molecule has 1 aliphatic heterocycles. The van der Waals surface area contributed by atoms with Crippen LogP contribution in [0.3, 0.4) is 0 Å². The van der Waals surface area contributed by atoms with Crippen LogP contribution in [0, 0.1) is 0 Å². The number of fused-ring (bicyclic) bond motifs is 1. The Morgan fingerprint density at radius 1 is 1.18 bits per heavy atom. The van der Waals surface area contributed by atoms with Crippen LogP contribution in [0.2, 0.25) is 0 Å². The van der Waals surface area contributed by atoms with Crippen LogP contribution in [-0.4, -0.2) is 16.5 Å². The summed E-state index contributed by atoms with van der Waals surface area (Å²) < 4.78 is 0. The summed E-state index contributed by atoms with van der Waals surface area (Å²) in [5.74, 6) is 4.71. The first-order valence-electron chi connectivity index (χ1n) is 6.51. The van der Waals surface area contributed by atoms with E-state index in [0.29, 0.717) is 5.92 Å². The van der Waals surface area contributed by atoms with Crippen LogP contribution in [0.15, 0.2) is 0 Å². The molecule has 94 valence electrons. The van der Waals surface area contributed by atoms with Crippen LogP contribution in [0.1, 0.15) is 56.6 Å². The molecule has 17 heavy (non-hydrogen) atoms. The summed E-state index contributed by atoms with van der Waals surface area (Å²) in [6.45, 7) is 7.47. The molecule has 0 amide bonds. The molecule has 0 aliphatic carbocycles. The minimum atomic E-state index is 0.503. The fraction of sp³-hybridized carbons (Fsp3) is 0.692. The van der Waals surface area contributed by atoms with Crippen molar-refractivity contribution in [2.75, 3.05) is 11.9 Å². The molecule has 2 rings (SSSR count). The van der Waals surface area contributed by atoms with Crippen LogP contribution < -0.4 is 5.32 Å². The molecule has 1 aromatic rings. The highest BCUT2D eigenvalue weighted by Gasteiger charge is 2.21. The zero-order chi connectivity index (χ0) is 12.3. The topological polar surface area (TPSA) is 37.8 Å². The zero-order valence-electron chi connectivity index (χ0n) is 10.9. The first-order chi connectivity index (χ1) is 8.30. The quantitative estimate of drug-likeness (QED) is 0.868. The van der Waals surface area contributed by atoms with Gasteiger partial charge in [0.15, 0.2) is 0 Å². The number of nitrogens with zero attached hydrogens (tertiary/aromatic N) is 2. The van der Waals surface area contributed by atoms with Gasteiger partial charge in [-0.2, -0.15) is 11.8 Å². The van der Waals surface area contributed by atoms with Crippen molar-refractivity contribution < 1.29 is 0 Å². The number of thioether (sulfide) groups is 1. The molecule has 1 aliphatic rings. The monoisotopic (exact) mass is 251 g/mol. The molecular formula is C13H21N3S. The Bertz CT molecular complexity index is 388. The molecule has 0 unspecified atom stereocenters. The van der Waals surface area contributed by atoms with Gasteiger partial charge in [0, 0.05) is 29.5 Å². The van der Waals surface area contributed by atoms with E-state index in [9.17, 15) is 0 Å². The second kappa shape index (κ2) is 5.71. The van der Waals surface area contributed by atoms with Crippen molar-refractivity contribution >= 4 is 17.6 Å². The van der Waals surface area contributed by atoms with Gasteiger partial charge in [0.05, 0.1) is 5.69 Å². The largest absolute Gasteiger partial charge is 0.370 e. The molecule has 0 atom stereocenters. The van der Waals surface area contributed by atoms with Crippen molar-refractivity contribution in [1.29, 1.82) is 0 Å². The van der Waals surface area contributed by atoms with Crippen LogP contribution in [-0.2, 0) is 11.5 Å². The summed E-state index contributed by atoms with van der Waals surface area (Å²) in [6.07, 6.45) is 2.24. The van der Waals surface area contributed by atoms with Gasteiger partial charge >= 0.3 is 0 Å². The Morgan fingerprint density at radius 2 is 1.94 bits per heavy atom. The molecule has 0 aromatic carbocycles. The number of aromatic nitrogens is 2. The van der Waals surface area contributed by atoms with Gasteiger partial charge in [0.25, 0.3) is 0 Å². The van der Waals surface area contributed by atoms with Gasteiger partial charge in [-0.1, -0.05) is 13.8 Å². The summed E-state index contributed by atoms with van der Waals surface area (Å²) in [4.78, 5) is 9.51. The summed E-state index contributed by atoms with van der Waals surface area (Å²) in [7, 11) is 0. The van der Waals surface area contributed by atoms with E-state index in [2.05, 4.69) is 26.1 Å². The van der Waals surface area contributed by atoms with Crippen LogP contribution >= 0.6 is 11.8 Å². The third-order valence-corrected chi connectivity index (χ3v) is 4.26. The van der Waals surface area contributed by atoms with Gasteiger partial charge in [0.2, 0.25) is 0 Å². The number of nitrogens with one attached hydrogen (secondary N) is 1. The number of rotatable bonds is 5.